The van der Waals surface area contributed by atoms with Gasteiger partial charge >= 0.3 is 5.97 Å². The van der Waals surface area contributed by atoms with Gasteiger partial charge in [0.15, 0.2) is 0 Å². The van der Waals surface area contributed by atoms with Crippen LogP contribution in [0.4, 0.5) is 0 Å². The Hall–Kier alpha value is -1.43. The fraction of sp³-hybridized carbons (Fsp3) is 0.650. The molecule has 1 aliphatic carbocycles. The zero-order valence-electron chi connectivity index (χ0n) is 15.3. The minimum atomic E-state index is -0.376. The van der Waals surface area contributed by atoms with Gasteiger partial charge in [0.05, 0.1) is 11.7 Å². The molecule has 1 fully saturated rings. The molecule has 4 unspecified atom stereocenters. The first-order chi connectivity index (χ1) is 11.8. The van der Waals surface area contributed by atoms with Crippen LogP contribution in [-0.4, -0.2) is 35.1 Å². The highest BCUT2D eigenvalue weighted by atomic mass is 17.1. The third-order valence-electron chi connectivity index (χ3n) is 5.84. The number of rotatable bonds is 1. The molecule has 25 heavy (non-hydrogen) atoms. The normalized spacial score (nSPS) is 37.0. The lowest BCUT2D eigenvalue weighted by atomic mass is 9.89. The first-order valence-electron chi connectivity index (χ1n) is 9.07. The van der Waals surface area contributed by atoms with Gasteiger partial charge in [0.2, 0.25) is 0 Å². The van der Waals surface area contributed by atoms with Gasteiger partial charge in [0, 0.05) is 5.57 Å². The van der Waals surface area contributed by atoms with Crippen LogP contribution in [-0.2, 0) is 19.2 Å². The minimum absolute atomic E-state index is 0.151. The van der Waals surface area contributed by atoms with Crippen LogP contribution < -0.4 is 0 Å². The number of carbonyl (C=O) groups excluding carboxylic acids is 1. The molecule has 0 saturated carbocycles. The van der Waals surface area contributed by atoms with Crippen molar-refractivity contribution in [1.82, 2.24) is 0 Å². The molecule has 0 aromatic carbocycles. The van der Waals surface area contributed by atoms with E-state index in [1.54, 1.807) is 0 Å². The average molecular weight is 348 g/mol. The van der Waals surface area contributed by atoms with Gasteiger partial charge in [-0.1, -0.05) is 12.2 Å². The quantitative estimate of drug-likeness (QED) is 0.254. The molecule has 0 radical (unpaired) electrons. The van der Waals surface area contributed by atoms with Crippen LogP contribution in [0.1, 0.15) is 59.3 Å². The van der Waals surface area contributed by atoms with E-state index in [2.05, 4.69) is 18.4 Å². The summed E-state index contributed by atoms with van der Waals surface area (Å²) in [5.41, 5.74) is 3.66. The molecular formula is C20H28O5. The zero-order chi connectivity index (χ0) is 18.2. The maximum absolute atomic E-state index is 12.0. The van der Waals surface area contributed by atoms with Gasteiger partial charge in [-0.15, -0.1) is 0 Å². The summed E-state index contributed by atoms with van der Waals surface area (Å²) < 4.78 is 11.5. The summed E-state index contributed by atoms with van der Waals surface area (Å²) in [6, 6.07) is 0. The Morgan fingerprint density at radius 1 is 1.28 bits per heavy atom. The van der Waals surface area contributed by atoms with E-state index in [1.807, 2.05) is 19.9 Å². The van der Waals surface area contributed by atoms with Crippen molar-refractivity contribution in [2.24, 2.45) is 0 Å². The van der Waals surface area contributed by atoms with Crippen LogP contribution in [0.2, 0.25) is 0 Å². The number of allylic oxidation sites excluding steroid dienone is 1. The van der Waals surface area contributed by atoms with Gasteiger partial charge < -0.3 is 9.47 Å². The van der Waals surface area contributed by atoms with Gasteiger partial charge in [-0.2, -0.15) is 0 Å². The molecule has 4 atom stereocenters. The summed E-state index contributed by atoms with van der Waals surface area (Å²) in [5.74, 6) is -0.225. The van der Waals surface area contributed by atoms with E-state index in [-0.39, 0.29) is 29.9 Å². The molecule has 0 bridgehead atoms. The topological polar surface area (TPSA) is 68.3 Å². The summed E-state index contributed by atoms with van der Waals surface area (Å²) in [6.07, 6.45) is 6.29. The second kappa shape index (κ2) is 7.06. The van der Waals surface area contributed by atoms with Crippen LogP contribution in [0.15, 0.2) is 34.9 Å². The summed E-state index contributed by atoms with van der Waals surface area (Å²) in [7, 11) is 0. The minimum Gasteiger partial charge on any atom is -0.450 e. The Kier molecular flexibility index (Phi) is 5.19. The molecule has 5 heteroatoms. The van der Waals surface area contributed by atoms with E-state index in [4.69, 9.17) is 9.47 Å². The molecule has 3 aliphatic rings. The number of fused-ring (bicyclic) bond motifs is 2. The van der Waals surface area contributed by atoms with Crippen LogP contribution >= 0.6 is 0 Å². The van der Waals surface area contributed by atoms with Crippen molar-refractivity contribution >= 4 is 5.97 Å². The number of carbonyl (C=O) groups is 1. The van der Waals surface area contributed by atoms with E-state index in [1.165, 1.54) is 0 Å². The molecule has 2 heterocycles. The lowest BCUT2D eigenvalue weighted by molar-refractivity contribution is -0.270. The number of ether oxygens (including phenoxy) is 2. The SMILES string of the molecule is C=C1CCC2OC2(C)CCC2=C(C)C(=O)OC2C=C(C)CCC1OO. The van der Waals surface area contributed by atoms with Crippen LogP contribution in [0, 0.1) is 0 Å². The third kappa shape index (κ3) is 3.89. The third-order valence-corrected chi connectivity index (χ3v) is 5.84. The van der Waals surface area contributed by atoms with Gasteiger partial charge in [-0.25, -0.2) is 9.68 Å². The van der Waals surface area contributed by atoms with Gasteiger partial charge in [0.25, 0.3) is 0 Å². The monoisotopic (exact) mass is 348 g/mol. The highest BCUT2D eigenvalue weighted by Gasteiger charge is 2.51. The van der Waals surface area contributed by atoms with E-state index in [0.717, 1.165) is 54.4 Å². The molecule has 138 valence electrons. The lowest BCUT2D eigenvalue weighted by Gasteiger charge is -2.18. The van der Waals surface area contributed by atoms with Crippen molar-refractivity contribution in [3.8, 4) is 0 Å². The van der Waals surface area contributed by atoms with Gasteiger partial charge in [0.1, 0.15) is 12.2 Å². The molecule has 5 nitrogen and oxygen atoms in total. The molecular weight excluding hydrogens is 320 g/mol. The zero-order valence-corrected chi connectivity index (χ0v) is 15.3. The van der Waals surface area contributed by atoms with Crippen molar-refractivity contribution in [3.05, 3.63) is 34.9 Å². The predicted octanol–water partition coefficient (Wildman–Crippen LogP) is 4.10. The average Bonchev–Trinajstić information content (AvgIpc) is 3.14. The Labute approximate surface area is 149 Å². The molecule has 1 saturated heterocycles. The molecule has 1 N–H and O–H groups in total. The first-order valence-corrected chi connectivity index (χ1v) is 9.07. The smallest absolute Gasteiger partial charge is 0.334 e. The maximum Gasteiger partial charge on any atom is 0.334 e. The summed E-state index contributed by atoms with van der Waals surface area (Å²) in [5, 5.41) is 9.21. The predicted molar refractivity (Wildman–Crippen MR) is 94.0 cm³/mol. The maximum atomic E-state index is 12.0. The second-order valence-electron chi connectivity index (χ2n) is 7.74. The number of epoxide rings is 1. The van der Waals surface area contributed by atoms with E-state index in [0.29, 0.717) is 6.42 Å². The van der Waals surface area contributed by atoms with Crippen molar-refractivity contribution in [1.29, 1.82) is 0 Å². The van der Waals surface area contributed by atoms with Crippen molar-refractivity contribution < 1.29 is 24.4 Å². The van der Waals surface area contributed by atoms with E-state index >= 15 is 0 Å². The van der Waals surface area contributed by atoms with Crippen LogP contribution in [0.25, 0.3) is 0 Å². The Morgan fingerprint density at radius 3 is 2.76 bits per heavy atom. The Morgan fingerprint density at radius 2 is 2.04 bits per heavy atom. The largest absolute Gasteiger partial charge is 0.450 e. The second-order valence-corrected chi connectivity index (χ2v) is 7.74. The van der Waals surface area contributed by atoms with Gasteiger partial charge in [-0.05, 0) is 76.5 Å². The Bertz CT molecular complexity index is 632. The molecule has 0 amide bonds. The van der Waals surface area contributed by atoms with Crippen molar-refractivity contribution in [2.45, 2.75) is 83.2 Å². The molecule has 0 aromatic heterocycles. The standard InChI is InChI=1S/C20H28O5/c1-12-5-7-16(25-22)13(2)6-8-18-20(4,24-18)10-9-15-14(3)19(21)23-17(15)11-12/h11,16-18,22H,2,5-10H2,1,3-4H3. The highest BCUT2D eigenvalue weighted by molar-refractivity contribution is 5.92. The van der Waals surface area contributed by atoms with Crippen LogP contribution in [0.5, 0.6) is 0 Å². The molecule has 3 rings (SSSR count). The highest BCUT2D eigenvalue weighted by Crippen LogP contribution is 2.45. The number of hydrogen-bond acceptors (Lipinski definition) is 5. The molecule has 0 aromatic rings. The Balaban J connectivity index is 1.83. The number of hydrogen-bond donors (Lipinski definition) is 1. The summed E-state index contributed by atoms with van der Waals surface area (Å²) >= 11 is 0. The lowest BCUT2D eigenvalue weighted by Crippen LogP contribution is -2.17. The number of esters is 1. The fourth-order valence-corrected chi connectivity index (χ4v) is 3.85. The van der Waals surface area contributed by atoms with Crippen LogP contribution in [0.3, 0.4) is 0 Å². The van der Waals surface area contributed by atoms with E-state index < -0.39 is 0 Å². The summed E-state index contributed by atoms with van der Waals surface area (Å²) in [6.45, 7) is 10.1. The van der Waals surface area contributed by atoms with Gasteiger partial charge in [-0.3, -0.25) is 5.26 Å². The summed E-state index contributed by atoms with van der Waals surface area (Å²) in [4.78, 5) is 16.6. The fourth-order valence-electron chi connectivity index (χ4n) is 3.85. The molecule has 2 aliphatic heterocycles. The van der Waals surface area contributed by atoms with Crippen molar-refractivity contribution in [3.63, 3.8) is 0 Å². The van der Waals surface area contributed by atoms with Crippen molar-refractivity contribution in [2.75, 3.05) is 0 Å². The molecule has 0 spiro atoms. The van der Waals surface area contributed by atoms with E-state index in [9.17, 15) is 10.1 Å². The first kappa shape index (κ1) is 18.4.